The van der Waals surface area contributed by atoms with Crippen LogP contribution in [-0.4, -0.2) is 41.3 Å². The maximum absolute atomic E-state index is 12.5. The zero-order valence-corrected chi connectivity index (χ0v) is 13.5. The van der Waals surface area contributed by atoms with Crippen LogP contribution in [-0.2, 0) is 4.79 Å². The molecule has 2 rings (SSSR count). The van der Waals surface area contributed by atoms with Crippen LogP contribution >= 0.6 is 11.6 Å². The fraction of sp³-hybridized carbons (Fsp3) is 0.467. The van der Waals surface area contributed by atoms with Crippen molar-refractivity contribution in [3.8, 4) is 0 Å². The van der Waals surface area contributed by atoms with Crippen molar-refractivity contribution >= 4 is 29.1 Å². The number of hydrogen-bond acceptors (Lipinski definition) is 4. The summed E-state index contributed by atoms with van der Waals surface area (Å²) in [7, 11) is 0. The van der Waals surface area contributed by atoms with Gasteiger partial charge in [0.15, 0.2) is 0 Å². The van der Waals surface area contributed by atoms with Crippen LogP contribution in [0.25, 0.3) is 0 Å². The summed E-state index contributed by atoms with van der Waals surface area (Å²) in [5, 5.41) is 13.5. The Balaban J connectivity index is 2.12. The molecule has 0 bridgehead atoms. The third-order valence-corrected chi connectivity index (χ3v) is 4.12. The highest BCUT2D eigenvalue weighted by atomic mass is 35.5. The third kappa shape index (κ3) is 3.98. The summed E-state index contributed by atoms with van der Waals surface area (Å²) in [5.74, 6) is -0.538. The molecule has 1 aromatic carbocycles. The third-order valence-electron chi connectivity index (χ3n) is 3.82. The maximum Gasteiger partial charge on any atom is 0.287 e. The van der Waals surface area contributed by atoms with Crippen molar-refractivity contribution in [3.63, 3.8) is 0 Å². The maximum atomic E-state index is 12.5. The standard InChI is InChI=1S/C15H18ClN3O4/c1-2-17-14(20)11-4-3-7-18(9-11)15(21)10-5-6-13(19(22)23)12(16)8-10/h5-6,8,11H,2-4,7,9H2,1H3,(H,17,20)/t11-/m0/s1. The topological polar surface area (TPSA) is 92.6 Å². The first-order chi connectivity index (χ1) is 10.9. The minimum Gasteiger partial charge on any atom is -0.356 e. The number of hydrogen-bond donors (Lipinski definition) is 1. The van der Waals surface area contributed by atoms with Gasteiger partial charge in [0.1, 0.15) is 5.02 Å². The van der Waals surface area contributed by atoms with E-state index in [1.807, 2.05) is 6.92 Å². The van der Waals surface area contributed by atoms with Gasteiger partial charge in [-0.05, 0) is 31.9 Å². The van der Waals surface area contributed by atoms with E-state index in [4.69, 9.17) is 11.6 Å². The van der Waals surface area contributed by atoms with Crippen molar-refractivity contribution in [2.45, 2.75) is 19.8 Å². The van der Waals surface area contributed by atoms with Gasteiger partial charge in [-0.15, -0.1) is 0 Å². The van der Waals surface area contributed by atoms with E-state index >= 15 is 0 Å². The molecule has 2 amide bonds. The molecule has 0 aliphatic carbocycles. The van der Waals surface area contributed by atoms with E-state index in [1.165, 1.54) is 18.2 Å². The van der Waals surface area contributed by atoms with Crippen LogP contribution in [0.2, 0.25) is 5.02 Å². The molecule has 7 nitrogen and oxygen atoms in total. The van der Waals surface area contributed by atoms with E-state index in [0.29, 0.717) is 19.6 Å². The summed E-state index contributed by atoms with van der Waals surface area (Å²) in [4.78, 5) is 36.2. The molecule has 1 aliphatic rings. The van der Waals surface area contributed by atoms with Gasteiger partial charge in [0.05, 0.1) is 10.8 Å². The monoisotopic (exact) mass is 339 g/mol. The first kappa shape index (κ1) is 17.2. The number of carbonyl (C=O) groups is 2. The summed E-state index contributed by atoms with van der Waals surface area (Å²) < 4.78 is 0. The number of nitro benzene ring substituents is 1. The highest BCUT2D eigenvalue weighted by Crippen LogP contribution is 2.26. The van der Waals surface area contributed by atoms with Gasteiger partial charge in [-0.3, -0.25) is 19.7 Å². The first-order valence-corrected chi connectivity index (χ1v) is 7.82. The molecular weight excluding hydrogens is 322 g/mol. The van der Waals surface area contributed by atoms with Gasteiger partial charge in [-0.1, -0.05) is 11.6 Å². The van der Waals surface area contributed by atoms with Gasteiger partial charge < -0.3 is 10.2 Å². The zero-order valence-electron chi connectivity index (χ0n) is 12.8. The number of rotatable bonds is 4. The highest BCUT2D eigenvalue weighted by Gasteiger charge is 2.29. The Hall–Kier alpha value is -2.15. The number of carbonyl (C=O) groups excluding carboxylic acids is 2. The van der Waals surface area contributed by atoms with Crippen molar-refractivity contribution in [2.75, 3.05) is 19.6 Å². The Bertz CT molecular complexity index is 635. The second-order valence-electron chi connectivity index (χ2n) is 5.41. The predicted molar refractivity (Wildman–Crippen MR) is 85.4 cm³/mol. The van der Waals surface area contributed by atoms with Crippen molar-refractivity contribution in [3.05, 3.63) is 38.9 Å². The first-order valence-electron chi connectivity index (χ1n) is 7.45. The highest BCUT2D eigenvalue weighted by molar-refractivity contribution is 6.33. The van der Waals surface area contributed by atoms with Crippen LogP contribution < -0.4 is 5.32 Å². The van der Waals surface area contributed by atoms with Gasteiger partial charge in [-0.25, -0.2) is 0 Å². The number of amides is 2. The van der Waals surface area contributed by atoms with Gasteiger partial charge in [0, 0.05) is 31.3 Å². The predicted octanol–water partition coefficient (Wildman–Crippen LogP) is 2.24. The Morgan fingerprint density at radius 3 is 2.83 bits per heavy atom. The number of halogens is 1. The van der Waals surface area contributed by atoms with Crippen LogP contribution in [0.5, 0.6) is 0 Å². The normalized spacial score (nSPS) is 17.7. The molecule has 23 heavy (non-hydrogen) atoms. The Morgan fingerprint density at radius 2 is 2.22 bits per heavy atom. The van der Waals surface area contributed by atoms with Crippen molar-refractivity contribution in [1.82, 2.24) is 10.2 Å². The fourth-order valence-electron chi connectivity index (χ4n) is 2.66. The average Bonchev–Trinajstić information content (AvgIpc) is 2.54. The quantitative estimate of drug-likeness (QED) is 0.672. The second-order valence-corrected chi connectivity index (χ2v) is 5.82. The molecule has 1 aliphatic heterocycles. The second kappa shape index (κ2) is 7.41. The Morgan fingerprint density at radius 1 is 1.48 bits per heavy atom. The van der Waals surface area contributed by atoms with E-state index in [1.54, 1.807) is 4.90 Å². The molecule has 0 spiro atoms. The lowest BCUT2D eigenvalue weighted by atomic mass is 9.96. The van der Waals surface area contributed by atoms with Crippen LogP contribution in [0, 0.1) is 16.0 Å². The van der Waals surface area contributed by atoms with Crippen molar-refractivity contribution < 1.29 is 14.5 Å². The smallest absolute Gasteiger partial charge is 0.287 e. The van der Waals surface area contributed by atoms with E-state index in [2.05, 4.69) is 5.32 Å². The molecule has 0 radical (unpaired) electrons. The number of nitrogens with one attached hydrogen (secondary N) is 1. The van der Waals surface area contributed by atoms with Crippen LogP contribution in [0.15, 0.2) is 18.2 Å². The molecule has 1 fully saturated rings. The Kier molecular flexibility index (Phi) is 5.54. The van der Waals surface area contributed by atoms with Gasteiger partial charge >= 0.3 is 0 Å². The zero-order chi connectivity index (χ0) is 17.0. The van der Waals surface area contributed by atoms with Crippen LogP contribution in [0.1, 0.15) is 30.1 Å². The fourth-order valence-corrected chi connectivity index (χ4v) is 2.91. The summed E-state index contributed by atoms with van der Waals surface area (Å²) in [6.07, 6.45) is 1.49. The van der Waals surface area contributed by atoms with Crippen LogP contribution in [0.3, 0.4) is 0 Å². The van der Waals surface area contributed by atoms with Gasteiger partial charge in [0.25, 0.3) is 11.6 Å². The Labute approximate surface area is 138 Å². The lowest BCUT2D eigenvalue weighted by Crippen LogP contribution is -2.45. The number of likely N-dealkylation sites (tertiary alicyclic amines) is 1. The van der Waals surface area contributed by atoms with Crippen molar-refractivity contribution in [1.29, 1.82) is 0 Å². The minimum absolute atomic E-state index is 0.0493. The number of nitrogens with zero attached hydrogens (tertiary/aromatic N) is 2. The molecule has 0 saturated carbocycles. The lowest BCUT2D eigenvalue weighted by Gasteiger charge is -2.32. The van der Waals surface area contributed by atoms with Gasteiger partial charge in [-0.2, -0.15) is 0 Å². The number of piperidine rings is 1. The number of benzene rings is 1. The minimum atomic E-state index is -0.595. The largest absolute Gasteiger partial charge is 0.356 e. The van der Waals surface area contributed by atoms with E-state index < -0.39 is 4.92 Å². The van der Waals surface area contributed by atoms with Gasteiger partial charge in [0.2, 0.25) is 5.91 Å². The molecule has 8 heteroatoms. The SMILES string of the molecule is CCNC(=O)[C@H]1CCCN(C(=O)c2ccc([N+](=O)[O-])c(Cl)c2)C1. The summed E-state index contributed by atoms with van der Waals surface area (Å²) >= 11 is 5.85. The summed E-state index contributed by atoms with van der Waals surface area (Å²) in [5.41, 5.74) is 0.0548. The summed E-state index contributed by atoms with van der Waals surface area (Å²) in [6.45, 7) is 3.31. The van der Waals surface area contributed by atoms with E-state index in [-0.39, 0.29) is 34.0 Å². The van der Waals surface area contributed by atoms with E-state index in [0.717, 1.165) is 12.8 Å². The molecule has 1 atom stereocenters. The molecule has 124 valence electrons. The molecule has 0 aromatic heterocycles. The lowest BCUT2D eigenvalue weighted by molar-refractivity contribution is -0.384. The molecule has 0 unspecified atom stereocenters. The number of nitro groups is 1. The molecular formula is C15H18ClN3O4. The summed E-state index contributed by atoms with van der Waals surface area (Å²) in [6, 6.07) is 3.92. The molecule has 1 heterocycles. The molecule has 1 saturated heterocycles. The van der Waals surface area contributed by atoms with Crippen molar-refractivity contribution in [2.24, 2.45) is 5.92 Å². The van der Waals surface area contributed by atoms with E-state index in [9.17, 15) is 19.7 Å². The molecule has 1 N–H and O–H groups in total. The average molecular weight is 340 g/mol. The van der Waals surface area contributed by atoms with Crippen LogP contribution in [0.4, 0.5) is 5.69 Å². The molecule has 1 aromatic rings.